The van der Waals surface area contributed by atoms with Crippen molar-refractivity contribution < 1.29 is 24.6 Å². The third-order valence-corrected chi connectivity index (χ3v) is 8.71. The largest absolute Gasteiger partial charge is 0.481 e. The lowest BCUT2D eigenvalue weighted by molar-refractivity contribution is -0.150. The molecule has 2 N–H and O–H groups in total. The number of carboxylic acid groups (broad SMARTS) is 1. The van der Waals surface area contributed by atoms with Crippen molar-refractivity contribution in [2.24, 2.45) is 11.8 Å². The van der Waals surface area contributed by atoms with E-state index in [0.717, 1.165) is 0 Å². The van der Waals surface area contributed by atoms with Gasteiger partial charge in [0.1, 0.15) is 6.04 Å². The fraction of sp³-hybridized carbons (Fsp3) is 0.762. The SMILES string of the molecule is C=CCN(C(=O)C1N(CCCO)C(=O)[C@@H]2[C@H](C(=O)O)[C@]3(C)CCC12S3)C(C)(C)C. The van der Waals surface area contributed by atoms with E-state index in [2.05, 4.69) is 6.58 Å². The van der Waals surface area contributed by atoms with E-state index in [4.69, 9.17) is 0 Å². The van der Waals surface area contributed by atoms with E-state index in [0.29, 0.717) is 25.8 Å². The molecular formula is C21H32N2O5S. The Kier molecular flexibility index (Phi) is 5.58. The molecule has 2 bridgehead atoms. The zero-order valence-electron chi connectivity index (χ0n) is 17.7. The summed E-state index contributed by atoms with van der Waals surface area (Å²) in [6.07, 6.45) is 3.35. The van der Waals surface area contributed by atoms with Crippen molar-refractivity contribution >= 4 is 29.5 Å². The summed E-state index contributed by atoms with van der Waals surface area (Å²) in [4.78, 5) is 42.7. The zero-order valence-corrected chi connectivity index (χ0v) is 18.5. The normalized spacial score (nSPS) is 35.7. The molecule has 0 aliphatic carbocycles. The van der Waals surface area contributed by atoms with Gasteiger partial charge in [-0.2, -0.15) is 0 Å². The lowest BCUT2D eigenvalue weighted by Crippen LogP contribution is -2.58. The lowest BCUT2D eigenvalue weighted by Gasteiger charge is -2.42. The molecular weight excluding hydrogens is 392 g/mol. The summed E-state index contributed by atoms with van der Waals surface area (Å²) in [7, 11) is 0. The van der Waals surface area contributed by atoms with Crippen molar-refractivity contribution in [1.29, 1.82) is 0 Å². The Morgan fingerprint density at radius 1 is 1.38 bits per heavy atom. The number of aliphatic hydroxyl groups is 1. The van der Waals surface area contributed by atoms with Crippen LogP contribution in [0.15, 0.2) is 12.7 Å². The second kappa shape index (κ2) is 7.30. The number of rotatable bonds is 7. The minimum atomic E-state index is -0.964. The first-order valence-corrected chi connectivity index (χ1v) is 11.0. The minimum absolute atomic E-state index is 0.0920. The van der Waals surface area contributed by atoms with Crippen molar-refractivity contribution in [1.82, 2.24) is 9.80 Å². The first-order valence-electron chi connectivity index (χ1n) is 10.2. The average Bonchev–Trinajstić information content (AvgIpc) is 3.17. The number of thioether (sulfide) groups is 1. The molecule has 0 aromatic rings. The topological polar surface area (TPSA) is 98.2 Å². The summed E-state index contributed by atoms with van der Waals surface area (Å²) in [6, 6.07) is -0.720. The quantitative estimate of drug-likeness (QED) is 0.604. The van der Waals surface area contributed by atoms with Crippen LogP contribution in [0.4, 0.5) is 0 Å². The Morgan fingerprint density at radius 3 is 2.55 bits per heavy atom. The standard InChI is InChI=1S/C21H32N2O5S/c1-6-10-23(19(2,3)4)17(26)15-21-9-8-20(5,29-21)14(18(27)28)13(21)16(25)22(15)11-7-12-24/h6,13-15,24H,1,7-12H2,2-5H3,(H,27,28)/t13-,14+,15?,20-,21?/m0/s1. The molecule has 0 aromatic heterocycles. The molecule has 3 aliphatic heterocycles. The zero-order chi connectivity index (χ0) is 21.8. The van der Waals surface area contributed by atoms with Crippen LogP contribution in [0.1, 0.15) is 47.0 Å². The second-order valence-electron chi connectivity index (χ2n) is 9.58. The van der Waals surface area contributed by atoms with Crippen molar-refractivity contribution in [3.05, 3.63) is 12.7 Å². The molecule has 0 aromatic carbocycles. The molecule has 3 rings (SSSR count). The van der Waals surface area contributed by atoms with Gasteiger partial charge in [-0.15, -0.1) is 18.3 Å². The van der Waals surface area contributed by atoms with Gasteiger partial charge in [0.05, 0.1) is 16.6 Å². The maximum absolute atomic E-state index is 13.9. The Labute approximate surface area is 176 Å². The molecule has 8 heteroatoms. The van der Waals surface area contributed by atoms with Crippen LogP contribution in [0, 0.1) is 11.8 Å². The molecule has 3 heterocycles. The van der Waals surface area contributed by atoms with Gasteiger partial charge >= 0.3 is 5.97 Å². The molecule has 3 saturated heterocycles. The van der Waals surface area contributed by atoms with E-state index in [1.54, 1.807) is 15.9 Å². The summed E-state index contributed by atoms with van der Waals surface area (Å²) in [5.74, 6) is -2.89. The van der Waals surface area contributed by atoms with Gasteiger partial charge in [0.15, 0.2) is 0 Å². The van der Waals surface area contributed by atoms with Crippen LogP contribution in [0.25, 0.3) is 0 Å². The Bertz CT molecular complexity index is 735. The number of carbonyl (C=O) groups is 3. The number of amides is 2. The van der Waals surface area contributed by atoms with Gasteiger partial charge in [0.2, 0.25) is 11.8 Å². The minimum Gasteiger partial charge on any atom is -0.481 e. The summed E-state index contributed by atoms with van der Waals surface area (Å²) in [5.41, 5.74) is -0.469. The Balaban J connectivity index is 2.10. The molecule has 0 radical (unpaired) electrons. The highest BCUT2D eigenvalue weighted by Gasteiger charge is 2.77. The summed E-state index contributed by atoms with van der Waals surface area (Å²) < 4.78 is -1.27. The average molecular weight is 425 g/mol. The fourth-order valence-electron chi connectivity index (χ4n) is 5.53. The van der Waals surface area contributed by atoms with Gasteiger partial charge in [-0.25, -0.2) is 0 Å². The summed E-state index contributed by atoms with van der Waals surface area (Å²) in [5, 5.41) is 19.3. The number of aliphatic carboxylic acids is 1. The predicted octanol–water partition coefficient (Wildman–Crippen LogP) is 1.75. The molecule has 1 spiro atoms. The molecule has 7 nitrogen and oxygen atoms in total. The van der Waals surface area contributed by atoms with Crippen molar-refractivity contribution in [3.8, 4) is 0 Å². The summed E-state index contributed by atoms with van der Waals surface area (Å²) in [6.45, 7) is 12.0. The van der Waals surface area contributed by atoms with E-state index < -0.39 is 38.9 Å². The number of aliphatic hydroxyl groups excluding tert-OH is 1. The van der Waals surface area contributed by atoms with Crippen molar-refractivity contribution in [2.75, 3.05) is 19.7 Å². The van der Waals surface area contributed by atoms with Crippen LogP contribution in [0.2, 0.25) is 0 Å². The number of hydrogen-bond donors (Lipinski definition) is 2. The molecule has 2 unspecified atom stereocenters. The highest BCUT2D eigenvalue weighted by molar-refractivity contribution is 8.02. The van der Waals surface area contributed by atoms with E-state index in [9.17, 15) is 24.6 Å². The first kappa shape index (κ1) is 22.2. The van der Waals surface area contributed by atoms with Crippen LogP contribution in [-0.4, -0.2) is 78.6 Å². The lowest BCUT2D eigenvalue weighted by atomic mass is 9.66. The number of nitrogens with zero attached hydrogens (tertiary/aromatic N) is 2. The van der Waals surface area contributed by atoms with E-state index >= 15 is 0 Å². The maximum atomic E-state index is 13.9. The number of fused-ring (bicyclic) bond motifs is 1. The van der Waals surface area contributed by atoms with Crippen molar-refractivity contribution in [2.45, 2.75) is 68.0 Å². The summed E-state index contributed by atoms with van der Waals surface area (Å²) >= 11 is 1.53. The third kappa shape index (κ3) is 3.19. The number of carboxylic acids is 1. The number of carbonyl (C=O) groups excluding carboxylic acids is 2. The van der Waals surface area contributed by atoms with E-state index in [1.807, 2.05) is 27.7 Å². The van der Waals surface area contributed by atoms with Gasteiger partial charge in [-0.3, -0.25) is 14.4 Å². The molecule has 2 amide bonds. The van der Waals surface area contributed by atoms with Gasteiger partial charge in [0, 0.05) is 30.0 Å². The molecule has 5 atom stereocenters. The van der Waals surface area contributed by atoms with Gasteiger partial charge in [-0.1, -0.05) is 6.08 Å². The second-order valence-corrected chi connectivity index (χ2v) is 11.5. The van der Waals surface area contributed by atoms with Crippen LogP contribution in [0.5, 0.6) is 0 Å². The molecule has 0 saturated carbocycles. The third-order valence-electron chi connectivity index (χ3n) is 6.72. The Morgan fingerprint density at radius 2 is 2.03 bits per heavy atom. The number of hydrogen-bond acceptors (Lipinski definition) is 5. The molecule has 3 aliphatic rings. The molecule has 29 heavy (non-hydrogen) atoms. The van der Waals surface area contributed by atoms with Gasteiger partial charge in [-0.05, 0) is 47.0 Å². The molecule has 3 fully saturated rings. The van der Waals surface area contributed by atoms with Gasteiger partial charge in [0.25, 0.3) is 0 Å². The Hall–Kier alpha value is -1.54. The van der Waals surface area contributed by atoms with Crippen LogP contribution in [0.3, 0.4) is 0 Å². The van der Waals surface area contributed by atoms with Crippen LogP contribution >= 0.6 is 11.8 Å². The maximum Gasteiger partial charge on any atom is 0.308 e. The van der Waals surface area contributed by atoms with Crippen molar-refractivity contribution in [3.63, 3.8) is 0 Å². The fourth-order valence-corrected chi connectivity index (χ4v) is 7.88. The van der Waals surface area contributed by atoms with E-state index in [1.165, 1.54) is 11.8 Å². The monoisotopic (exact) mass is 424 g/mol. The van der Waals surface area contributed by atoms with E-state index in [-0.39, 0.29) is 25.0 Å². The highest BCUT2D eigenvalue weighted by Crippen LogP contribution is 2.71. The van der Waals surface area contributed by atoms with Crippen LogP contribution < -0.4 is 0 Å². The first-order chi connectivity index (χ1) is 13.4. The van der Waals surface area contributed by atoms with Crippen LogP contribution in [-0.2, 0) is 14.4 Å². The number of likely N-dealkylation sites (tertiary alicyclic amines) is 1. The highest BCUT2D eigenvalue weighted by atomic mass is 32.2. The predicted molar refractivity (Wildman–Crippen MR) is 111 cm³/mol. The molecule has 162 valence electrons. The van der Waals surface area contributed by atoms with Gasteiger partial charge < -0.3 is 20.0 Å². The smallest absolute Gasteiger partial charge is 0.308 e.